The minimum absolute atomic E-state index is 0.130. The summed E-state index contributed by atoms with van der Waals surface area (Å²) in [4.78, 5) is 33.1. The van der Waals surface area contributed by atoms with Crippen LogP contribution >= 0.6 is 11.3 Å². The van der Waals surface area contributed by atoms with Gasteiger partial charge in [-0.25, -0.2) is 4.98 Å². The van der Waals surface area contributed by atoms with Crippen LogP contribution in [0.15, 0.2) is 53.0 Å². The fourth-order valence-electron chi connectivity index (χ4n) is 4.70. The lowest BCUT2D eigenvalue weighted by atomic mass is 10.0. The molecule has 0 aliphatic heterocycles. The molecule has 0 bridgehead atoms. The number of ether oxygens (including phenoxy) is 1. The highest BCUT2D eigenvalue weighted by molar-refractivity contribution is 7.09. The van der Waals surface area contributed by atoms with Gasteiger partial charge >= 0.3 is 0 Å². The average Bonchev–Trinajstić information content (AvgIpc) is 3.74. The summed E-state index contributed by atoms with van der Waals surface area (Å²) in [6, 6.07) is 7.67. The maximum absolute atomic E-state index is 13.5. The van der Waals surface area contributed by atoms with Crippen molar-refractivity contribution in [3.8, 4) is 11.3 Å². The van der Waals surface area contributed by atoms with Crippen molar-refractivity contribution >= 4 is 22.8 Å². The van der Waals surface area contributed by atoms with Crippen molar-refractivity contribution in [3.63, 3.8) is 0 Å². The van der Waals surface area contributed by atoms with Crippen LogP contribution in [0.4, 0.5) is 0 Å². The number of nitrogens with one attached hydrogen (secondary N) is 3. The summed E-state index contributed by atoms with van der Waals surface area (Å²) in [5.74, 6) is -0.260. The Bertz CT molecular complexity index is 1640. The number of amides is 1. The Balaban J connectivity index is 0.000000910. The number of pyridine rings is 2. The summed E-state index contributed by atoms with van der Waals surface area (Å²) in [5.41, 5.74) is 6.79. The van der Waals surface area contributed by atoms with Crippen LogP contribution in [0.5, 0.6) is 0 Å². The highest BCUT2D eigenvalue weighted by atomic mass is 32.1. The molecule has 0 spiro atoms. The third-order valence-corrected chi connectivity index (χ3v) is 7.29. The number of aryl methyl sites for hydroxylation is 2. The molecular weight excluding hydrogens is 548 g/mol. The molecule has 0 saturated heterocycles. The maximum Gasteiger partial charge on any atom is 0.253 e. The Labute approximate surface area is 251 Å². The summed E-state index contributed by atoms with van der Waals surface area (Å²) in [7, 11) is 0. The van der Waals surface area contributed by atoms with Gasteiger partial charge in [0.2, 0.25) is 0 Å². The molecule has 5 rings (SSSR count). The van der Waals surface area contributed by atoms with Crippen molar-refractivity contribution in [1.82, 2.24) is 29.9 Å². The molecule has 0 radical (unpaired) electrons. The number of rotatable bonds is 8. The van der Waals surface area contributed by atoms with Gasteiger partial charge in [0.05, 0.1) is 29.6 Å². The van der Waals surface area contributed by atoms with Gasteiger partial charge < -0.3 is 19.4 Å². The lowest BCUT2D eigenvalue weighted by Gasteiger charge is -2.21. The van der Waals surface area contributed by atoms with Gasteiger partial charge in [-0.3, -0.25) is 14.7 Å². The van der Waals surface area contributed by atoms with Gasteiger partial charge in [-0.15, -0.1) is 11.3 Å². The highest BCUT2D eigenvalue weighted by Crippen LogP contribution is 2.32. The second-order valence-electron chi connectivity index (χ2n) is 9.74. The molecule has 42 heavy (non-hydrogen) atoms. The molecule has 0 saturated carbocycles. The number of fused-ring (bicyclic) bond motifs is 1. The van der Waals surface area contributed by atoms with E-state index in [0.717, 1.165) is 44.3 Å². The van der Waals surface area contributed by atoms with E-state index in [2.05, 4.69) is 43.7 Å². The van der Waals surface area contributed by atoms with Crippen molar-refractivity contribution < 1.29 is 9.53 Å². The van der Waals surface area contributed by atoms with E-state index in [9.17, 15) is 9.59 Å². The van der Waals surface area contributed by atoms with Crippen molar-refractivity contribution in [3.05, 3.63) is 97.2 Å². The number of aromatic amines is 2. The summed E-state index contributed by atoms with van der Waals surface area (Å²) in [6.07, 6.45) is 6.37. The highest BCUT2D eigenvalue weighted by Gasteiger charge is 2.23. The largest absolute Gasteiger partial charge is 0.365 e. The molecule has 0 aromatic carbocycles. The van der Waals surface area contributed by atoms with Crippen molar-refractivity contribution in [2.75, 3.05) is 0 Å². The van der Waals surface area contributed by atoms with Gasteiger partial charge in [0.1, 0.15) is 5.01 Å². The zero-order valence-corrected chi connectivity index (χ0v) is 26.6. The van der Waals surface area contributed by atoms with E-state index in [1.807, 2.05) is 77.4 Å². The predicted octanol–water partition coefficient (Wildman–Crippen LogP) is 7.05. The lowest BCUT2D eigenvalue weighted by Crippen LogP contribution is -2.29. The molecular formula is C32H42N6O3S. The maximum atomic E-state index is 13.5. The molecule has 0 aliphatic rings. The first-order valence-corrected chi connectivity index (χ1v) is 15.2. The van der Waals surface area contributed by atoms with E-state index in [0.29, 0.717) is 17.7 Å². The van der Waals surface area contributed by atoms with Crippen LogP contribution in [0, 0.1) is 20.8 Å². The van der Waals surface area contributed by atoms with E-state index in [4.69, 9.17) is 4.74 Å². The Kier molecular flexibility index (Phi) is 11.8. The molecule has 3 N–H and O–H groups in total. The van der Waals surface area contributed by atoms with Crippen LogP contribution in [0.2, 0.25) is 0 Å². The zero-order valence-electron chi connectivity index (χ0n) is 25.8. The molecule has 0 aliphatic carbocycles. The number of carbonyl (C=O) groups is 1. The van der Waals surface area contributed by atoms with E-state index < -0.39 is 0 Å². The van der Waals surface area contributed by atoms with Gasteiger partial charge in [0.15, 0.2) is 0 Å². The lowest BCUT2D eigenvalue weighted by molar-refractivity contribution is 0.0484. The van der Waals surface area contributed by atoms with Crippen molar-refractivity contribution in [1.29, 1.82) is 0 Å². The number of thiazole rings is 1. The first-order valence-electron chi connectivity index (χ1n) is 14.4. The second-order valence-corrected chi connectivity index (χ2v) is 10.7. The molecule has 1 atom stereocenters. The van der Waals surface area contributed by atoms with E-state index in [1.54, 1.807) is 12.4 Å². The average molecular weight is 591 g/mol. The topological polar surface area (TPSA) is 117 Å². The van der Waals surface area contributed by atoms with E-state index in [-0.39, 0.29) is 24.1 Å². The predicted molar refractivity (Wildman–Crippen MR) is 170 cm³/mol. The van der Waals surface area contributed by atoms with Crippen LogP contribution in [0.3, 0.4) is 0 Å². The quantitative estimate of drug-likeness (QED) is 0.179. The fourth-order valence-corrected chi connectivity index (χ4v) is 5.24. The zero-order chi connectivity index (χ0) is 30.8. The molecule has 9 nitrogen and oxygen atoms in total. The fraction of sp³-hybridized carbons (Fsp3) is 0.375. The van der Waals surface area contributed by atoms with Crippen LogP contribution in [-0.4, -0.2) is 30.5 Å². The van der Waals surface area contributed by atoms with Crippen LogP contribution in [0.1, 0.15) is 90.6 Å². The second kappa shape index (κ2) is 15.3. The first-order chi connectivity index (χ1) is 20.2. The standard InChI is InChI=1S/C27H28N6O3S.C3H8.C2H6/c1-15-11-16(2)31-27(35)21(15)13-29-26(34)20-12-23-19(22-5-7-30-32-22)6-9-33(23)25(17(20)3)18(4)36-14-24-28-8-10-37-24;1-3-2;1-2/h5-12,18H,13-14H2,1-4H3,(H,29,34)(H,30,32)(H,31,35);3H2,1-2H3;1-2H3. The van der Waals surface area contributed by atoms with Gasteiger partial charge in [-0.05, 0) is 63.1 Å². The van der Waals surface area contributed by atoms with Crippen LogP contribution in [-0.2, 0) is 17.9 Å². The van der Waals surface area contributed by atoms with Crippen molar-refractivity contribution in [2.24, 2.45) is 0 Å². The minimum atomic E-state index is -0.316. The molecule has 5 aromatic heterocycles. The van der Waals surface area contributed by atoms with E-state index >= 15 is 0 Å². The number of H-pyrrole nitrogens is 2. The van der Waals surface area contributed by atoms with Crippen LogP contribution < -0.4 is 10.9 Å². The number of aromatic nitrogens is 5. The minimum Gasteiger partial charge on any atom is -0.365 e. The van der Waals surface area contributed by atoms with Gasteiger partial charge in [-0.2, -0.15) is 5.10 Å². The molecule has 0 fully saturated rings. The SMILES string of the molecule is CC.CCC.Cc1cc(C)c(CNC(=O)c2cc3c(-c4ccn[nH]4)ccn3c(C(C)OCc3nccs3)c2C)c(=O)[nH]1. The Morgan fingerprint density at radius 1 is 1.14 bits per heavy atom. The summed E-state index contributed by atoms with van der Waals surface area (Å²) >= 11 is 1.54. The molecule has 10 heteroatoms. The number of nitrogens with zero attached hydrogens (tertiary/aromatic N) is 3. The number of carbonyl (C=O) groups excluding carboxylic acids is 1. The Hall–Kier alpha value is -4.02. The smallest absolute Gasteiger partial charge is 0.253 e. The van der Waals surface area contributed by atoms with Gasteiger partial charge in [-0.1, -0.05) is 34.1 Å². The monoisotopic (exact) mass is 590 g/mol. The molecule has 1 unspecified atom stereocenters. The number of hydrogen-bond acceptors (Lipinski definition) is 6. The molecule has 1 amide bonds. The van der Waals surface area contributed by atoms with Crippen LogP contribution in [0.25, 0.3) is 16.8 Å². The van der Waals surface area contributed by atoms with Gasteiger partial charge in [0.25, 0.3) is 11.5 Å². The Morgan fingerprint density at radius 3 is 2.50 bits per heavy atom. The summed E-state index contributed by atoms with van der Waals surface area (Å²) < 4.78 is 8.26. The normalized spacial score (nSPS) is 11.3. The summed E-state index contributed by atoms with van der Waals surface area (Å²) in [6.45, 7) is 16.4. The molecule has 5 aromatic rings. The third-order valence-electron chi connectivity index (χ3n) is 6.53. The summed E-state index contributed by atoms with van der Waals surface area (Å²) in [5, 5.41) is 12.9. The van der Waals surface area contributed by atoms with Gasteiger partial charge in [0, 0.05) is 52.9 Å². The number of hydrogen-bond donors (Lipinski definition) is 3. The molecule has 224 valence electrons. The molecule has 5 heterocycles. The van der Waals surface area contributed by atoms with E-state index in [1.165, 1.54) is 17.8 Å². The van der Waals surface area contributed by atoms with Crippen molar-refractivity contribution in [2.45, 2.75) is 81.1 Å². The Morgan fingerprint density at radius 2 is 1.88 bits per heavy atom. The third kappa shape index (κ3) is 7.43. The first kappa shape index (κ1) is 32.5.